The van der Waals surface area contributed by atoms with Crippen LogP contribution in [0.4, 0.5) is 11.4 Å². The molecular weight excluding hydrogens is 490 g/mol. The number of nitro benzene ring substituents is 1. The number of nitro groups is 1. The number of carbonyl (C=O) groups is 1. The molecule has 1 aliphatic rings. The molecular formula is C25H24ClN3O5S. The molecule has 0 aromatic heterocycles. The number of anilines is 1. The highest BCUT2D eigenvalue weighted by Gasteiger charge is 2.33. The standard InChI is InChI=1S/C25H24ClN3O5S/c1-17-6-5-7-20(14-17)27-12-13-28(18(2)16-27)25(30)19-10-11-24(22(15-19)29(31)32)35(33,34)23-9-4-3-8-21(23)26/h3-11,14-15,18H,12-13,16H2,1-2H3/t18-/m0/s1. The van der Waals surface area contributed by atoms with Crippen LogP contribution in [0, 0.1) is 17.0 Å². The summed E-state index contributed by atoms with van der Waals surface area (Å²) in [7, 11) is -4.27. The summed E-state index contributed by atoms with van der Waals surface area (Å²) < 4.78 is 26.2. The van der Waals surface area contributed by atoms with Crippen LogP contribution >= 0.6 is 11.6 Å². The van der Waals surface area contributed by atoms with Crippen LogP contribution in [0.25, 0.3) is 0 Å². The van der Waals surface area contributed by atoms with E-state index in [-0.39, 0.29) is 27.4 Å². The number of carbonyl (C=O) groups excluding carboxylic acids is 1. The Kier molecular flexibility index (Phi) is 6.82. The lowest BCUT2D eigenvalue weighted by atomic mass is 10.1. The van der Waals surface area contributed by atoms with Crippen molar-refractivity contribution in [1.82, 2.24) is 4.90 Å². The van der Waals surface area contributed by atoms with E-state index in [4.69, 9.17) is 11.6 Å². The van der Waals surface area contributed by atoms with Crippen molar-refractivity contribution in [3.63, 3.8) is 0 Å². The van der Waals surface area contributed by atoms with Gasteiger partial charge in [-0.3, -0.25) is 14.9 Å². The Labute approximate surface area is 208 Å². The molecule has 1 atom stereocenters. The first kappa shape index (κ1) is 24.7. The van der Waals surface area contributed by atoms with Gasteiger partial charge in [-0.05, 0) is 55.8 Å². The molecule has 0 aliphatic carbocycles. The molecule has 1 amide bonds. The molecule has 4 rings (SSSR count). The summed E-state index contributed by atoms with van der Waals surface area (Å²) in [6.07, 6.45) is 0. The molecule has 182 valence electrons. The average molecular weight is 514 g/mol. The molecule has 0 radical (unpaired) electrons. The van der Waals surface area contributed by atoms with E-state index in [2.05, 4.69) is 11.0 Å². The maximum atomic E-state index is 13.3. The first-order chi connectivity index (χ1) is 16.6. The number of halogens is 1. The Morgan fingerprint density at radius 3 is 2.43 bits per heavy atom. The Morgan fingerprint density at radius 1 is 1.03 bits per heavy atom. The van der Waals surface area contributed by atoms with E-state index in [0.717, 1.165) is 23.4 Å². The van der Waals surface area contributed by atoms with Crippen LogP contribution in [-0.4, -0.2) is 49.8 Å². The summed E-state index contributed by atoms with van der Waals surface area (Å²) in [6, 6.07) is 17.2. The zero-order valence-corrected chi connectivity index (χ0v) is 20.8. The van der Waals surface area contributed by atoms with Gasteiger partial charge in [-0.15, -0.1) is 0 Å². The summed E-state index contributed by atoms with van der Waals surface area (Å²) >= 11 is 6.04. The summed E-state index contributed by atoms with van der Waals surface area (Å²) in [5.74, 6) is -0.383. The highest BCUT2D eigenvalue weighted by molar-refractivity contribution is 7.91. The van der Waals surface area contributed by atoms with Gasteiger partial charge in [-0.2, -0.15) is 0 Å². The van der Waals surface area contributed by atoms with Gasteiger partial charge in [0, 0.05) is 43.0 Å². The van der Waals surface area contributed by atoms with E-state index in [0.29, 0.717) is 19.6 Å². The summed E-state index contributed by atoms with van der Waals surface area (Å²) in [5, 5.41) is 11.8. The zero-order chi connectivity index (χ0) is 25.3. The van der Waals surface area contributed by atoms with Crippen molar-refractivity contribution in [3.05, 3.63) is 93.0 Å². The summed E-state index contributed by atoms with van der Waals surface area (Å²) in [5.41, 5.74) is 1.62. The van der Waals surface area contributed by atoms with Gasteiger partial charge >= 0.3 is 0 Å². The van der Waals surface area contributed by atoms with E-state index in [1.54, 1.807) is 11.0 Å². The fourth-order valence-corrected chi connectivity index (χ4v) is 6.20. The van der Waals surface area contributed by atoms with Gasteiger partial charge in [0.05, 0.1) is 14.8 Å². The smallest absolute Gasteiger partial charge is 0.289 e. The Hall–Kier alpha value is -3.43. The van der Waals surface area contributed by atoms with Crippen molar-refractivity contribution in [2.75, 3.05) is 24.5 Å². The van der Waals surface area contributed by atoms with Gasteiger partial charge in [0.15, 0.2) is 0 Å². The third-order valence-corrected chi connectivity index (χ3v) is 8.37. The largest absolute Gasteiger partial charge is 0.368 e. The molecule has 0 bridgehead atoms. The van der Waals surface area contributed by atoms with Gasteiger partial charge in [-0.1, -0.05) is 35.9 Å². The summed E-state index contributed by atoms with van der Waals surface area (Å²) in [6.45, 7) is 5.60. The van der Waals surface area contributed by atoms with Crippen molar-refractivity contribution in [3.8, 4) is 0 Å². The number of hydrogen-bond donors (Lipinski definition) is 0. The molecule has 8 nitrogen and oxygen atoms in total. The lowest BCUT2D eigenvalue weighted by Crippen LogP contribution is -2.54. The third-order valence-electron chi connectivity index (χ3n) is 6.07. The fraction of sp³-hybridized carbons (Fsp3) is 0.240. The van der Waals surface area contributed by atoms with Crippen molar-refractivity contribution < 1.29 is 18.1 Å². The fourth-order valence-electron chi connectivity index (χ4n) is 4.29. The maximum Gasteiger partial charge on any atom is 0.289 e. The molecule has 0 unspecified atom stereocenters. The molecule has 1 heterocycles. The Bertz CT molecular complexity index is 1410. The predicted molar refractivity (Wildman–Crippen MR) is 134 cm³/mol. The minimum absolute atomic E-state index is 0.0396. The first-order valence-corrected chi connectivity index (χ1v) is 12.9. The van der Waals surface area contributed by atoms with Crippen LogP contribution in [0.15, 0.2) is 76.5 Å². The molecule has 3 aromatic carbocycles. The number of amides is 1. The molecule has 35 heavy (non-hydrogen) atoms. The van der Waals surface area contributed by atoms with Crippen molar-refractivity contribution in [2.45, 2.75) is 29.7 Å². The number of piperazine rings is 1. The van der Waals surface area contributed by atoms with Crippen LogP contribution in [0.1, 0.15) is 22.8 Å². The molecule has 10 heteroatoms. The molecule has 0 N–H and O–H groups in total. The molecule has 0 spiro atoms. The third kappa shape index (κ3) is 4.87. The van der Waals surface area contributed by atoms with E-state index in [1.165, 1.54) is 24.3 Å². The number of benzene rings is 3. The number of rotatable bonds is 5. The number of aryl methyl sites for hydroxylation is 1. The van der Waals surface area contributed by atoms with Crippen LogP contribution in [-0.2, 0) is 9.84 Å². The second-order valence-corrected chi connectivity index (χ2v) is 10.8. The lowest BCUT2D eigenvalue weighted by molar-refractivity contribution is -0.387. The number of nitrogens with zero attached hydrogens (tertiary/aromatic N) is 3. The van der Waals surface area contributed by atoms with Crippen LogP contribution < -0.4 is 4.90 Å². The second-order valence-electron chi connectivity index (χ2n) is 8.51. The van der Waals surface area contributed by atoms with E-state index >= 15 is 0 Å². The lowest BCUT2D eigenvalue weighted by Gasteiger charge is -2.41. The van der Waals surface area contributed by atoms with E-state index < -0.39 is 25.3 Å². The topological polar surface area (TPSA) is 101 Å². The van der Waals surface area contributed by atoms with Crippen LogP contribution in [0.2, 0.25) is 5.02 Å². The predicted octanol–water partition coefficient (Wildman–Crippen LogP) is 4.74. The zero-order valence-electron chi connectivity index (χ0n) is 19.2. The number of sulfone groups is 1. The minimum Gasteiger partial charge on any atom is -0.368 e. The molecule has 1 saturated heterocycles. The van der Waals surface area contributed by atoms with Crippen LogP contribution in [0.5, 0.6) is 0 Å². The Balaban J connectivity index is 1.61. The molecule has 0 saturated carbocycles. The van der Waals surface area contributed by atoms with Gasteiger partial charge in [0.2, 0.25) is 9.84 Å². The second kappa shape index (κ2) is 9.67. The highest BCUT2D eigenvalue weighted by atomic mass is 35.5. The molecule has 1 fully saturated rings. The molecule has 1 aliphatic heterocycles. The monoisotopic (exact) mass is 513 g/mol. The highest BCUT2D eigenvalue weighted by Crippen LogP contribution is 2.34. The van der Waals surface area contributed by atoms with Crippen molar-refractivity contribution in [2.24, 2.45) is 0 Å². The summed E-state index contributed by atoms with van der Waals surface area (Å²) in [4.78, 5) is 27.4. The quantitative estimate of drug-likeness (QED) is 0.361. The van der Waals surface area contributed by atoms with Crippen molar-refractivity contribution >= 4 is 38.7 Å². The maximum absolute atomic E-state index is 13.3. The Morgan fingerprint density at radius 2 is 1.77 bits per heavy atom. The van der Waals surface area contributed by atoms with Gasteiger partial charge < -0.3 is 9.80 Å². The molecule has 3 aromatic rings. The first-order valence-electron chi connectivity index (χ1n) is 11.0. The minimum atomic E-state index is -4.27. The van der Waals surface area contributed by atoms with Gasteiger partial charge in [-0.25, -0.2) is 8.42 Å². The van der Waals surface area contributed by atoms with E-state index in [9.17, 15) is 23.3 Å². The van der Waals surface area contributed by atoms with E-state index in [1.807, 2.05) is 32.0 Å². The normalized spacial score (nSPS) is 16.3. The SMILES string of the molecule is Cc1cccc(N2CCN(C(=O)c3ccc(S(=O)(=O)c4ccccc4Cl)c([N+](=O)[O-])c3)[C@@H](C)C2)c1. The average Bonchev–Trinajstić information content (AvgIpc) is 2.83. The van der Waals surface area contributed by atoms with Crippen LogP contribution in [0.3, 0.4) is 0 Å². The van der Waals surface area contributed by atoms with Crippen molar-refractivity contribution in [1.29, 1.82) is 0 Å². The van der Waals surface area contributed by atoms with Gasteiger partial charge in [0.25, 0.3) is 11.6 Å². The number of hydrogen-bond acceptors (Lipinski definition) is 6. The van der Waals surface area contributed by atoms with Gasteiger partial charge in [0.1, 0.15) is 4.90 Å².